The molecule has 1 atom stereocenters. The molecule has 3 aromatic carbocycles. The highest BCUT2D eigenvalue weighted by Crippen LogP contribution is 2.37. The van der Waals surface area contributed by atoms with Crippen LogP contribution in [0.25, 0.3) is 10.9 Å². The van der Waals surface area contributed by atoms with E-state index in [-0.39, 0.29) is 16.8 Å². The maximum atomic E-state index is 9.77. The number of aromatic nitrogens is 1. The highest BCUT2D eigenvalue weighted by atomic mass is 35.5. The average molecular weight is 539 g/mol. The van der Waals surface area contributed by atoms with Crippen molar-refractivity contribution >= 4 is 62.8 Å². The van der Waals surface area contributed by atoms with E-state index in [1.807, 2.05) is 36.5 Å². The predicted molar refractivity (Wildman–Crippen MR) is 143 cm³/mol. The molecule has 36 heavy (non-hydrogen) atoms. The quantitative estimate of drug-likeness (QED) is 0.163. The smallest absolute Gasteiger partial charge is 0.134 e. The van der Waals surface area contributed by atoms with E-state index in [1.165, 1.54) is 12.3 Å². The molecule has 0 saturated heterocycles. The van der Waals surface area contributed by atoms with Gasteiger partial charge in [-0.25, -0.2) is 0 Å². The second-order valence-electron chi connectivity index (χ2n) is 7.93. The number of nitrogens with zero attached hydrogens (tertiary/aromatic N) is 2. The Morgan fingerprint density at radius 1 is 0.972 bits per heavy atom. The molecule has 0 bridgehead atoms. The van der Waals surface area contributed by atoms with Crippen molar-refractivity contribution in [2.45, 2.75) is 6.04 Å². The molecular weight excluding hydrogens is 521 g/mol. The summed E-state index contributed by atoms with van der Waals surface area (Å²) in [5.74, 6) is -0.0381. The van der Waals surface area contributed by atoms with Gasteiger partial charge in [0, 0.05) is 34.2 Å². The lowest BCUT2D eigenvalue weighted by Crippen LogP contribution is -2.33. The predicted octanol–water partition coefficient (Wildman–Crippen LogP) is 6.12. The summed E-state index contributed by atoms with van der Waals surface area (Å²) >= 11 is 18.8. The van der Waals surface area contributed by atoms with Crippen molar-refractivity contribution in [3.63, 3.8) is 0 Å². The van der Waals surface area contributed by atoms with Crippen LogP contribution in [-0.4, -0.2) is 10.1 Å². The SMILES string of the molecule is N#Cc1cnc2c(Cl)cc(N[C@H](C3=CNNN3)c3ccc(Cl)cc3)cc2c1Nc1ccc(O)c(Cl)c1. The molecule has 0 aliphatic carbocycles. The zero-order valence-electron chi connectivity index (χ0n) is 18.4. The zero-order chi connectivity index (χ0) is 25.2. The first kappa shape index (κ1) is 23.9. The number of fused-ring (bicyclic) bond motifs is 1. The molecule has 0 unspecified atom stereocenters. The van der Waals surface area contributed by atoms with Crippen LogP contribution in [0.15, 0.2) is 72.7 Å². The molecule has 0 fully saturated rings. The number of hydrogen-bond acceptors (Lipinski definition) is 8. The Bertz CT molecular complexity index is 1530. The summed E-state index contributed by atoms with van der Waals surface area (Å²) in [4.78, 5) is 4.40. The van der Waals surface area contributed by atoms with Crippen LogP contribution in [0.3, 0.4) is 0 Å². The lowest BCUT2D eigenvalue weighted by atomic mass is 10.0. The van der Waals surface area contributed by atoms with Crippen molar-refractivity contribution in [1.82, 2.24) is 21.4 Å². The van der Waals surface area contributed by atoms with Gasteiger partial charge < -0.3 is 26.6 Å². The number of nitrogens with one attached hydrogen (secondary N) is 5. The lowest BCUT2D eigenvalue weighted by Gasteiger charge is -2.22. The number of hydrazine groups is 2. The Balaban J connectivity index is 1.59. The van der Waals surface area contributed by atoms with Crippen molar-refractivity contribution in [1.29, 1.82) is 5.26 Å². The summed E-state index contributed by atoms with van der Waals surface area (Å²) in [6, 6.07) is 17.8. The number of benzene rings is 3. The molecule has 5 rings (SSSR count). The van der Waals surface area contributed by atoms with E-state index >= 15 is 0 Å². The Labute approximate surface area is 221 Å². The molecular formula is C25H18Cl3N7O. The van der Waals surface area contributed by atoms with Gasteiger partial charge in [-0.05, 0) is 48.0 Å². The van der Waals surface area contributed by atoms with Gasteiger partial charge in [0.15, 0.2) is 0 Å². The number of pyridine rings is 1. The number of phenolic OH excluding ortho intramolecular Hbond substituents is 1. The minimum atomic E-state index is -0.280. The Morgan fingerprint density at radius 3 is 2.44 bits per heavy atom. The van der Waals surface area contributed by atoms with Gasteiger partial charge in [0.05, 0.1) is 38.6 Å². The van der Waals surface area contributed by atoms with Gasteiger partial charge in [-0.1, -0.05) is 46.9 Å². The summed E-state index contributed by atoms with van der Waals surface area (Å²) in [7, 11) is 0. The molecule has 4 aromatic rings. The molecule has 1 aliphatic heterocycles. The largest absolute Gasteiger partial charge is 0.506 e. The summed E-state index contributed by atoms with van der Waals surface area (Å²) < 4.78 is 0. The Morgan fingerprint density at radius 2 is 1.75 bits per heavy atom. The van der Waals surface area contributed by atoms with Gasteiger partial charge in [-0.2, -0.15) is 10.8 Å². The molecule has 0 saturated carbocycles. The lowest BCUT2D eigenvalue weighted by molar-refractivity contribution is 0.475. The molecule has 0 amide bonds. The third kappa shape index (κ3) is 4.78. The number of hydrogen-bond donors (Lipinski definition) is 6. The standard InChI is InChI=1S/C25H18Cl3N7O/c26-15-3-1-13(2-4-15)24(21-12-31-35-34-21)33-17-7-18-23(32-16-5-6-22(36)19(27)8-16)14(10-29)11-30-25(18)20(28)9-17/h1-9,11-12,24,31,33-36H,(H,30,32)/t24-/m0/s1. The number of phenols is 1. The van der Waals surface area contributed by atoms with Crippen molar-refractivity contribution in [2.75, 3.05) is 10.6 Å². The molecule has 2 heterocycles. The third-order valence-corrected chi connectivity index (χ3v) is 6.44. The van der Waals surface area contributed by atoms with E-state index in [4.69, 9.17) is 34.8 Å². The fraction of sp³-hybridized carbons (Fsp3) is 0.0400. The van der Waals surface area contributed by atoms with Gasteiger partial charge in [0.25, 0.3) is 0 Å². The molecule has 6 N–H and O–H groups in total. The van der Waals surface area contributed by atoms with Gasteiger partial charge in [-0.15, -0.1) is 0 Å². The van der Waals surface area contributed by atoms with Crippen molar-refractivity contribution in [3.8, 4) is 11.8 Å². The first-order valence-electron chi connectivity index (χ1n) is 10.7. The fourth-order valence-electron chi connectivity index (χ4n) is 3.87. The molecule has 1 aliphatic rings. The average Bonchev–Trinajstić information content (AvgIpc) is 3.40. The highest BCUT2D eigenvalue weighted by molar-refractivity contribution is 6.36. The number of rotatable bonds is 6. The van der Waals surface area contributed by atoms with Crippen LogP contribution in [0.1, 0.15) is 17.2 Å². The van der Waals surface area contributed by atoms with Crippen LogP contribution in [0.5, 0.6) is 5.75 Å². The monoisotopic (exact) mass is 537 g/mol. The minimum Gasteiger partial charge on any atom is -0.506 e. The second kappa shape index (κ2) is 10.0. The van der Waals surface area contributed by atoms with E-state index in [2.05, 4.69) is 38.1 Å². The first-order chi connectivity index (χ1) is 17.4. The van der Waals surface area contributed by atoms with Crippen molar-refractivity contribution in [3.05, 3.63) is 98.9 Å². The van der Waals surface area contributed by atoms with E-state index in [0.717, 1.165) is 11.3 Å². The highest BCUT2D eigenvalue weighted by Gasteiger charge is 2.21. The van der Waals surface area contributed by atoms with Crippen molar-refractivity contribution < 1.29 is 5.11 Å². The summed E-state index contributed by atoms with van der Waals surface area (Å²) in [5, 5.41) is 28.1. The number of aromatic hydroxyl groups is 1. The summed E-state index contributed by atoms with van der Waals surface area (Å²) in [6.45, 7) is 0. The van der Waals surface area contributed by atoms with Gasteiger partial charge in [0.1, 0.15) is 11.8 Å². The van der Waals surface area contributed by atoms with E-state index in [0.29, 0.717) is 43.6 Å². The third-order valence-electron chi connectivity index (χ3n) is 5.59. The molecule has 0 radical (unpaired) electrons. The van der Waals surface area contributed by atoms with Crippen LogP contribution in [0.4, 0.5) is 17.1 Å². The minimum absolute atomic E-state index is 0.0381. The molecule has 180 valence electrons. The van der Waals surface area contributed by atoms with Gasteiger partial charge in [-0.3, -0.25) is 4.98 Å². The number of halogens is 3. The zero-order valence-corrected chi connectivity index (χ0v) is 20.7. The normalized spacial score (nSPS) is 13.3. The molecule has 8 nitrogen and oxygen atoms in total. The molecule has 11 heteroatoms. The molecule has 1 aromatic heterocycles. The maximum Gasteiger partial charge on any atom is 0.134 e. The van der Waals surface area contributed by atoms with Gasteiger partial charge >= 0.3 is 0 Å². The van der Waals surface area contributed by atoms with Crippen molar-refractivity contribution in [2.24, 2.45) is 0 Å². The Kier molecular flexibility index (Phi) is 6.63. The Hall–Kier alpha value is -3.87. The van der Waals surface area contributed by atoms with Crippen LogP contribution < -0.4 is 27.0 Å². The fourth-order valence-corrected chi connectivity index (χ4v) is 4.44. The van der Waals surface area contributed by atoms with E-state index in [9.17, 15) is 10.4 Å². The van der Waals surface area contributed by atoms with Crippen LogP contribution in [0, 0.1) is 11.3 Å². The number of nitriles is 1. The summed E-state index contributed by atoms with van der Waals surface area (Å²) in [6.07, 6.45) is 3.28. The summed E-state index contributed by atoms with van der Waals surface area (Å²) in [5.41, 5.74) is 13.3. The van der Waals surface area contributed by atoms with Crippen LogP contribution in [0.2, 0.25) is 15.1 Å². The number of anilines is 3. The maximum absolute atomic E-state index is 9.77. The van der Waals surface area contributed by atoms with Crippen LogP contribution in [-0.2, 0) is 0 Å². The van der Waals surface area contributed by atoms with Crippen LogP contribution >= 0.6 is 34.8 Å². The van der Waals surface area contributed by atoms with E-state index < -0.39 is 0 Å². The first-order valence-corrected chi connectivity index (χ1v) is 11.8. The molecule has 0 spiro atoms. The topological polar surface area (TPSA) is 117 Å². The van der Waals surface area contributed by atoms with Gasteiger partial charge in [0.2, 0.25) is 0 Å². The second-order valence-corrected chi connectivity index (χ2v) is 9.18. The van der Waals surface area contributed by atoms with E-state index in [1.54, 1.807) is 18.2 Å².